The number of nitrogen functional groups attached to an aromatic ring is 1. The minimum atomic E-state index is -4.54. The van der Waals surface area contributed by atoms with Gasteiger partial charge in [-0.1, -0.05) is 0 Å². The van der Waals surface area contributed by atoms with Crippen molar-refractivity contribution >= 4 is 11.8 Å². The highest BCUT2D eigenvalue weighted by Crippen LogP contribution is 2.37. The summed E-state index contributed by atoms with van der Waals surface area (Å²) >= 11 is 0. The van der Waals surface area contributed by atoms with Crippen molar-refractivity contribution in [2.45, 2.75) is 51.4 Å². The lowest BCUT2D eigenvalue weighted by molar-refractivity contribution is -0.139. The van der Waals surface area contributed by atoms with Gasteiger partial charge in [-0.15, -0.1) is 0 Å². The molecule has 0 aliphatic carbocycles. The number of anilines is 1. The minimum Gasteiger partial charge on any atom is -0.491 e. The first kappa shape index (κ1) is 19.2. The van der Waals surface area contributed by atoms with Crippen molar-refractivity contribution in [1.82, 2.24) is 4.90 Å². The maximum absolute atomic E-state index is 13.1. The number of halogens is 3. The van der Waals surface area contributed by atoms with Crippen LogP contribution in [0.4, 0.5) is 23.7 Å². The van der Waals surface area contributed by atoms with Crippen molar-refractivity contribution in [1.29, 1.82) is 0 Å². The van der Waals surface area contributed by atoms with E-state index in [4.69, 9.17) is 15.2 Å². The first-order valence-electron chi connectivity index (χ1n) is 8.06. The van der Waals surface area contributed by atoms with E-state index in [1.807, 2.05) is 0 Å². The molecule has 2 N–H and O–H groups in total. The first-order chi connectivity index (χ1) is 11.5. The van der Waals surface area contributed by atoms with E-state index in [9.17, 15) is 18.0 Å². The van der Waals surface area contributed by atoms with Crippen molar-refractivity contribution in [3.8, 4) is 5.75 Å². The summed E-state index contributed by atoms with van der Waals surface area (Å²) in [7, 11) is 0. The van der Waals surface area contributed by atoms with E-state index in [1.165, 1.54) is 11.0 Å². The van der Waals surface area contributed by atoms with Crippen LogP contribution >= 0.6 is 0 Å². The van der Waals surface area contributed by atoms with Crippen LogP contribution in [0.3, 0.4) is 0 Å². The summed E-state index contributed by atoms with van der Waals surface area (Å²) in [5.74, 6) is -0.330. The number of hydrogen-bond acceptors (Lipinski definition) is 4. The molecule has 1 saturated heterocycles. The van der Waals surface area contributed by atoms with Gasteiger partial charge in [0.25, 0.3) is 0 Å². The molecule has 0 bridgehead atoms. The molecule has 0 saturated carbocycles. The molecule has 0 unspecified atom stereocenters. The number of nitrogens with zero attached hydrogens (tertiary/aromatic N) is 1. The molecule has 0 spiro atoms. The summed E-state index contributed by atoms with van der Waals surface area (Å²) in [5, 5.41) is 0. The van der Waals surface area contributed by atoms with Crippen LogP contribution in [0, 0.1) is 0 Å². The van der Waals surface area contributed by atoms with Gasteiger partial charge in [-0.2, -0.15) is 13.2 Å². The lowest BCUT2D eigenvalue weighted by Gasteiger charge is -2.28. The third-order valence-corrected chi connectivity index (χ3v) is 3.75. The van der Waals surface area contributed by atoms with Crippen LogP contribution in [-0.2, 0) is 10.9 Å². The fraction of sp³-hybridized carbons (Fsp3) is 0.588. The Hall–Kier alpha value is -2.12. The Bertz CT molecular complexity index is 627. The van der Waals surface area contributed by atoms with E-state index in [-0.39, 0.29) is 24.1 Å². The number of amides is 1. The maximum Gasteiger partial charge on any atom is 0.419 e. The number of carbonyl (C=O) groups is 1. The minimum absolute atomic E-state index is 0.0498. The van der Waals surface area contributed by atoms with E-state index in [0.717, 1.165) is 18.6 Å². The lowest BCUT2D eigenvalue weighted by Crippen LogP contribution is -2.42. The Balaban J connectivity index is 2.08. The SMILES string of the molecule is CC(C)(C)OC(=O)N1CCC[C@@H]1COc1cc(N)ccc1C(F)(F)F. The van der Waals surface area contributed by atoms with Gasteiger partial charge in [-0.3, -0.25) is 0 Å². The molecule has 0 aromatic heterocycles. The van der Waals surface area contributed by atoms with Crippen LogP contribution in [0.5, 0.6) is 5.75 Å². The normalized spacial score (nSPS) is 18.3. The number of alkyl halides is 3. The number of rotatable bonds is 3. The summed E-state index contributed by atoms with van der Waals surface area (Å²) in [6.07, 6.45) is -3.63. The molecule has 1 heterocycles. The Kier molecular flexibility index (Phi) is 5.39. The van der Waals surface area contributed by atoms with Crippen molar-refractivity contribution < 1.29 is 27.4 Å². The smallest absolute Gasteiger partial charge is 0.419 e. The monoisotopic (exact) mass is 360 g/mol. The molecule has 8 heteroatoms. The summed E-state index contributed by atoms with van der Waals surface area (Å²) in [4.78, 5) is 13.7. The second-order valence-electron chi connectivity index (χ2n) is 7.03. The first-order valence-corrected chi connectivity index (χ1v) is 8.06. The molecule has 1 amide bonds. The van der Waals surface area contributed by atoms with Gasteiger partial charge in [-0.05, 0) is 45.7 Å². The highest BCUT2D eigenvalue weighted by molar-refractivity contribution is 5.69. The summed E-state index contributed by atoms with van der Waals surface area (Å²) in [6.45, 7) is 5.72. The second kappa shape index (κ2) is 7.01. The average Bonchev–Trinajstić information content (AvgIpc) is 2.90. The van der Waals surface area contributed by atoms with Gasteiger partial charge in [-0.25, -0.2) is 4.79 Å². The number of ether oxygens (including phenoxy) is 2. The van der Waals surface area contributed by atoms with Crippen molar-refractivity contribution in [2.75, 3.05) is 18.9 Å². The molecule has 140 valence electrons. The second-order valence-corrected chi connectivity index (χ2v) is 7.03. The van der Waals surface area contributed by atoms with E-state index < -0.39 is 23.4 Å². The van der Waals surface area contributed by atoms with Crippen LogP contribution < -0.4 is 10.5 Å². The Morgan fingerprint density at radius 3 is 2.60 bits per heavy atom. The summed E-state index contributed by atoms with van der Waals surface area (Å²) < 4.78 is 49.9. The Morgan fingerprint density at radius 1 is 1.32 bits per heavy atom. The molecule has 1 aliphatic heterocycles. The molecule has 25 heavy (non-hydrogen) atoms. The maximum atomic E-state index is 13.1. The molecular weight excluding hydrogens is 337 g/mol. The Labute approximate surface area is 144 Å². The number of benzene rings is 1. The fourth-order valence-corrected chi connectivity index (χ4v) is 2.65. The quantitative estimate of drug-likeness (QED) is 0.826. The van der Waals surface area contributed by atoms with Crippen LogP contribution in [0.15, 0.2) is 18.2 Å². The van der Waals surface area contributed by atoms with Gasteiger partial charge in [0.15, 0.2) is 0 Å². The molecule has 1 fully saturated rings. The van der Waals surface area contributed by atoms with E-state index in [1.54, 1.807) is 20.8 Å². The van der Waals surface area contributed by atoms with Gasteiger partial charge >= 0.3 is 12.3 Å². The highest BCUT2D eigenvalue weighted by atomic mass is 19.4. The van der Waals surface area contributed by atoms with Crippen LogP contribution in [0.1, 0.15) is 39.2 Å². The molecule has 2 rings (SSSR count). The molecule has 5 nitrogen and oxygen atoms in total. The average molecular weight is 360 g/mol. The van der Waals surface area contributed by atoms with Crippen molar-refractivity contribution in [3.63, 3.8) is 0 Å². The van der Waals surface area contributed by atoms with E-state index in [0.29, 0.717) is 13.0 Å². The highest BCUT2D eigenvalue weighted by Gasteiger charge is 2.36. The van der Waals surface area contributed by atoms with Crippen LogP contribution in [0.2, 0.25) is 0 Å². The van der Waals surface area contributed by atoms with Gasteiger partial charge in [0.05, 0.1) is 11.6 Å². The predicted molar refractivity (Wildman–Crippen MR) is 87.3 cm³/mol. The number of likely N-dealkylation sites (tertiary alicyclic amines) is 1. The van der Waals surface area contributed by atoms with E-state index >= 15 is 0 Å². The number of carbonyl (C=O) groups excluding carboxylic acids is 1. The standard InChI is InChI=1S/C17H23F3N2O3/c1-16(2,3)25-15(23)22-8-4-5-12(22)10-24-14-9-11(21)6-7-13(14)17(18,19)20/h6-7,9,12H,4-5,8,10,21H2,1-3H3/t12-/m1/s1. The molecular formula is C17H23F3N2O3. The fourth-order valence-electron chi connectivity index (χ4n) is 2.65. The van der Waals surface area contributed by atoms with Gasteiger partial charge in [0.2, 0.25) is 0 Å². The largest absolute Gasteiger partial charge is 0.491 e. The van der Waals surface area contributed by atoms with E-state index in [2.05, 4.69) is 0 Å². The van der Waals surface area contributed by atoms with Gasteiger partial charge in [0.1, 0.15) is 18.0 Å². The lowest BCUT2D eigenvalue weighted by atomic mass is 10.1. The molecule has 1 aliphatic rings. The number of nitrogens with two attached hydrogens (primary N) is 1. The van der Waals surface area contributed by atoms with Crippen LogP contribution in [0.25, 0.3) is 0 Å². The van der Waals surface area contributed by atoms with Crippen LogP contribution in [-0.4, -0.2) is 35.8 Å². The van der Waals surface area contributed by atoms with Crippen molar-refractivity contribution in [3.05, 3.63) is 23.8 Å². The Morgan fingerprint density at radius 2 is 2.00 bits per heavy atom. The molecule has 1 atom stereocenters. The zero-order valence-corrected chi connectivity index (χ0v) is 14.5. The molecule has 1 aromatic rings. The summed E-state index contributed by atoms with van der Waals surface area (Å²) in [5.41, 5.74) is 4.22. The number of hydrogen-bond donors (Lipinski definition) is 1. The zero-order valence-electron chi connectivity index (χ0n) is 14.5. The zero-order chi connectivity index (χ0) is 18.8. The summed E-state index contributed by atoms with van der Waals surface area (Å²) in [6, 6.07) is 2.89. The predicted octanol–water partition coefficient (Wildman–Crippen LogP) is 4.07. The topological polar surface area (TPSA) is 64.8 Å². The molecule has 1 aromatic carbocycles. The molecule has 0 radical (unpaired) electrons. The van der Waals surface area contributed by atoms with Crippen molar-refractivity contribution in [2.24, 2.45) is 0 Å². The third-order valence-electron chi connectivity index (χ3n) is 3.75. The third kappa shape index (κ3) is 5.17. The van der Waals surface area contributed by atoms with Gasteiger partial charge < -0.3 is 20.1 Å². The van der Waals surface area contributed by atoms with Gasteiger partial charge in [0, 0.05) is 18.3 Å².